The molecule has 0 aliphatic carbocycles. The van der Waals surface area contributed by atoms with Crippen molar-refractivity contribution in [1.82, 2.24) is 14.8 Å². The Labute approximate surface area is 314 Å². The molecule has 1 aliphatic heterocycles. The topological polar surface area (TPSA) is 85.7 Å². The molecule has 3 aromatic rings. The third kappa shape index (κ3) is 13.9. The van der Waals surface area contributed by atoms with E-state index in [1.165, 1.54) is 18.4 Å². The van der Waals surface area contributed by atoms with Gasteiger partial charge < -0.3 is 28.7 Å². The quantitative estimate of drug-likeness (QED) is 0.102. The van der Waals surface area contributed by atoms with Crippen LogP contribution in [0, 0.1) is 6.92 Å². The molecule has 0 spiro atoms. The van der Waals surface area contributed by atoms with E-state index in [4.69, 9.17) is 23.9 Å². The molecule has 1 aromatic heterocycles. The van der Waals surface area contributed by atoms with E-state index in [2.05, 4.69) is 55.8 Å². The standard InChI is InChI=1S/C28H41N3O4.C10H13N.C5H12O/c1-6-8-16-30(15-7-2)17-12-28(25-11-9-10-14-29-25)13-18-31(21-28)27(32)22-19-23(33-3)26(35-5)24(20-22)34-4;1-8(2)11-10-7-5-4-6-9(10)3;1-3-5-6-4-2/h9-11,14,19-20H,6-8,12-13,15-18,21H2,1-5H3;4-7H,1-3H3;3-5H2,1-2H3. The molecule has 1 amide bonds. The summed E-state index contributed by atoms with van der Waals surface area (Å²) in [7, 11) is 4.69. The summed E-state index contributed by atoms with van der Waals surface area (Å²) in [6.45, 7) is 21.0. The van der Waals surface area contributed by atoms with E-state index in [0.29, 0.717) is 35.9 Å². The fourth-order valence-corrected chi connectivity index (χ4v) is 6.27. The van der Waals surface area contributed by atoms with Crippen LogP contribution in [0.4, 0.5) is 5.69 Å². The Balaban J connectivity index is 0.000000451. The third-order valence-electron chi connectivity index (χ3n) is 9.05. The van der Waals surface area contributed by atoms with E-state index >= 15 is 0 Å². The molecule has 1 fully saturated rings. The van der Waals surface area contributed by atoms with Crippen LogP contribution in [0.5, 0.6) is 17.2 Å². The number of methoxy groups -OCH3 is 3. The highest BCUT2D eigenvalue weighted by Gasteiger charge is 2.42. The molecule has 1 saturated heterocycles. The van der Waals surface area contributed by atoms with Crippen LogP contribution in [-0.4, -0.2) is 93.7 Å². The molecule has 0 bridgehead atoms. The predicted octanol–water partition coefficient (Wildman–Crippen LogP) is 9.33. The van der Waals surface area contributed by atoms with Gasteiger partial charge in [0.05, 0.1) is 27.0 Å². The lowest BCUT2D eigenvalue weighted by Crippen LogP contribution is -2.38. The second-order valence-electron chi connectivity index (χ2n) is 13.4. The Morgan fingerprint density at radius 1 is 0.885 bits per heavy atom. The van der Waals surface area contributed by atoms with Crippen molar-refractivity contribution in [3.8, 4) is 17.2 Å². The summed E-state index contributed by atoms with van der Waals surface area (Å²) in [5.74, 6) is 1.42. The zero-order valence-electron chi connectivity index (χ0n) is 33.8. The summed E-state index contributed by atoms with van der Waals surface area (Å²) in [5.41, 5.74) is 4.86. The number of rotatable bonds is 17. The Morgan fingerprint density at radius 2 is 1.58 bits per heavy atom. The molecule has 1 aliphatic rings. The van der Waals surface area contributed by atoms with Gasteiger partial charge in [0.15, 0.2) is 11.5 Å². The Hall–Kier alpha value is -3.95. The fraction of sp³-hybridized carbons (Fsp3) is 0.558. The summed E-state index contributed by atoms with van der Waals surface area (Å²) in [6.07, 6.45) is 8.42. The highest BCUT2D eigenvalue weighted by molar-refractivity contribution is 5.96. The number of para-hydroxylation sites is 1. The second kappa shape index (κ2) is 24.3. The number of pyridine rings is 1. The van der Waals surface area contributed by atoms with E-state index in [1.807, 2.05) is 56.1 Å². The number of unbranched alkanes of at least 4 members (excludes halogenated alkanes) is 1. The van der Waals surface area contributed by atoms with Crippen LogP contribution >= 0.6 is 0 Å². The number of likely N-dealkylation sites (tertiary alicyclic amines) is 1. The van der Waals surface area contributed by atoms with Gasteiger partial charge in [-0.15, -0.1) is 0 Å². The zero-order valence-corrected chi connectivity index (χ0v) is 33.8. The molecule has 0 radical (unpaired) electrons. The van der Waals surface area contributed by atoms with Gasteiger partial charge in [-0.2, -0.15) is 0 Å². The number of carbonyl (C=O) groups is 1. The Bertz CT molecular complexity index is 1450. The van der Waals surface area contributed by atoms with Crippen molar-refractivity contribution in [3.63, 3.8) is 0 Å². The van der Waals surface area contributed by atoms with E-state index in [0.717, 1.165) is 75.6 Å². The number of hydrogen-bond donors (Lipinski definition) is 0. The number of hydrogen-bond acceptors (Lipinski definition) is 8. The average Bonchev–Trinajstić information content (AvgIpc) is 3.61. The van der Waals surface area contributed by atoms with Gasteiger partial charge in [-0.05, 0) is 115 Å². The fourth-order valence-electron chi connectivity index (χ4n) is 6.27. The molecule has 2 heterocycles. The molecular weight excluding hydrogens is 652 g/mol. The monoisotopic (exact) mass is 719 g/mol. The average molecular weight is 719 g/mol. The maximum absolute atomic E-state index is 13.6. The summed E-state index contributed by atoms with van der Waals surface area (Å²) >= 11 is 0. The van der Waals surface area contributed by atoms with Gasteiger partial charge in [-0.25, -0.2) is 0 Å². The smallest absolute Gasteiger partial charge is 0.254 e. The van der Waals surface area contributed by atoms with Crippen molar-refractivity contribution in [2.45, 2.75) is 92.4 Å². The van der Waals surface area contributed by atoms with E-state index in [-0.39, 0.29) is 11.3 Å². The van der Waals surface area contributed by atoms with Crippen molar-refractivity contribution < 1.29 is 23.7 Å². The van der Waals surface area contributed by atoms with Crippen LogP contribution in [0.2, 0.25) is 0 Å². The Morgan fingerprint density at radius 3 is 2.10 bits per heavy atom. The van der Waals surface area contributed by atoms with Gasteiger partial charge in [-0.3, -0.25) is 14.8 Å². The maximum atomic E-state index is 13.6. The van der Waals surface area contributed by atoms with Crippen LogP contribution < -0.4 is 14.2 Å². The van der Waals surface area contributed by atoms with Crippen molar-refractivity contribution >= 4 is 17.3 Å². The number of aromatic nitrogens is 1. The second-order valence-corrected chi connectivity index (χ2v) is 13.4. The first-order chi connectivity index (χ1) is 25.1. The largest absolute Gasteiger partial charge is 0.493 e. The van der Waals surface area contributed by atoms with Crippen molar-refractivity contribution in [3.05, 3.63) is 77.6 Å². The van der Waals surface area contributed by atoms with Gasteiger partial charge in [-0.1, -0.05) is 51.5 Å². The number of carbonyl (C=O) groups excluding carboxylic acids is 1. The number of nitrogens with zero attached hydrogens (tertiary/aromatic N) is 4. The molecule has 52 heavy (non-hydrogen) atoms. The normalized spacial score (nSPS) is 14.9. The SMILES string of the molecule is CC(C)=Nc1ccccc1C.CCCCN(CCC)CCC1(c2ccccn2)CCN(C(=O)c2cc(OC)c(OC)c(OC)c2)C1.CCCOCC. The minimum atomic E-state index is -0.157. The number of benzene rings is 2. The molecule has 0 saturated carbocycles. The highest BCUT2D eigenvalue weighted by Crippen LogP contribution is 2.41. The van der Waals surface area contributed by atoms with Gasteiger partial charge >= 0.3 is 0 Å². The lowest BCUT2D eigenvalue weighted by atomic mass is 9.79. The van der Waals surface area contributed by atoms with Crippen LogP contribution in [0.3, 0.4) is 0 Å². The third-order valence-corrected chi connectivity index (χ3v) is 9.05. The van der Waals surface area contributed by atoms with E-state index < -0.39 is 0 Å². The first-order valence-electron chi connectivity index (χ1n) is 19.0. The van der Waals surface area contributed by atoms with Gasteiger partial charge in [0.2, 0.25) is 5.75 Å². The minimum Gasteiger partial charge on any atom is -0.493 e. The van der Waals surface area contributed by atoms with Crippen molar-refractivity contribution in [2.24, 2.45) is 4.99 Å². The molecule has 288 valence electrons. The van der Waals surface area contributed by atoms with Crippen molar-refractivity contribution in [1.29, 1.82) is 0 Å². The van der Waals surface area contributed by atoms with Crippen LogP contribution in [0.25, 0.3) is 0 Å². The minimum absolute atomic E-state index is 0.0292. The van der Waals surface area contributed by atoms with Crippen molar-refractivity contribution in [2.75, 3.05) is 67.3 Å². The summed E-state index contributed by atoms with van der Waals surface area (Å²) in [4.78, 5) is 27.3. The maximum Gasteiger partial charge on any atom is 0.254 e. The number of aliphatic imine (C=N–C) groups is 1. The molecule has 2 aromatic carbocycles. The summed E-state index contributed by atoms with van der Waals surface area (Å²) in [5, 5.41) is 0. The van der Waals surface area contributed by atoms with Crippen LogP contribution in [0.1, 0.15) is 102 Å². The first kappa shape index (κ1) is 44.2. The molecular formula is C43H66N4O5. The lowest BCUT2D eigenvalue weighted by Gasteiger charge is -2.32. The number of aryl methyl sites for hydroxylation is 1. The zero-order chi connectivity index (χ0) is 38.4. The highest BCUT2D eigenvalue weighted by atomic mass is 16.5. The number of ether oxygens (including phenoxy) is 4. The summed E-state index contributed by atoms with van der Waals surface area (Å²) in [6, 6.07) is 17.7. The molecule has 9 nitrogen and oxygen atoms in total. The van der Waals surface area contributed by atoms with Gasteiger partial charge in [0, 0.05) is 54.9 Å². The van der Waals surface area contributed by atoms with Gasteiger partial charge in [0.25, 0.3) is 5.91 Å². The molecule has 1 unspecified atom stereocenters. The van der Waals surface area contributed by atoms with E-state index in [9.17, 15) is 4.79 Å². The van der Waals surface area contributed by atoms with Crippen LogP contribution in [-0.2, 0) is 10.2 Å². The molecule has 4 rings (SSSR count). The first-order valence-corrected chi connectivity index (χ1v) is 19.0. The Kier molecular flexibility index (Phi) is 20.7. The van der Waals surface area contributed by atoms with Gasteiger partial charge in [0.1, 0.15) is 0 Å². The predicted molar refractivity (Wildman–Crippen MR) is 215 cm³/mol. The van der Waals surface area contributed by atoms with E-state index in [1.54, 1.807) is 33.5 Å². The van der Waals surface area contributed by atoms with Crippen LogP contribution in [0.15, 0.2) is 65.8 Å². The summed E-state index contributed by atoms with van der Waals surface area (Å²) < 4.78 is 21.3. The number of amides is 1. The molecule has 1 atom stereocenters. The molecule has 0 N–H and O–H groups in total. The molecule has 9 heteroatoms. The lowest BCUT2D eigenvalue weighted by molar-refractivity contribution is 0.0779.